The molecule has 0 aromatic heterocycles. The zero-order chi connectivity index (χ0) is 23.6. The van der Waals surface area contributed by atoms with Crippen LogP contribution in [0.5, 0.6) is 11.5 Å². The van der Waals surface area contributed by atoms with E-state index in [0.717, 1.165) is 22.6 Å². The van der Waals surface area contributed by atoms with Crippen molar-refractivity contribution in [3.05, 3.63) is 65.7 Å². The second-order valence-electron chi connectivity index (χ2n) is 6.89. The standard InChI is InChI=1S/C23H22F3NO4S/c1-16-12-20(9-10-21(16)31-14-22(28)29)32-15-17(4-2-3-11-27)13-30-19-7-5-18(6-8-19)23(24,25)26/h2-3,5-10,12,17H,4,13-15H2,1H3,(H,28,29)/b3-2-. The number of carbonyl (C=O) groups is 1. The summed E-state index contributed by atoms with van der Waals surface area (Å²) in [6, 6.07) is 11.9. The van der Waals surface area contributed by atoms with Crippen LogP contribution in [0.4, 0.5) is 13.2 Å². The number of rotatable bonds is 11. The fourth-order valence-electron chi connectivity index (χ4n) is 2.68. The van der Waals surface area contributed by atoms with E-state index in [2.05, 4.69) is 0 Å². The summed E-state index contributed by atoms with van der Waals surface area (Å²) >= 11 is 1.56. The molecule has 0 fully saturated rings. The molecule has 2 aromatic rings. The molecule has 1 atom stereocenters. The summed E-state index contributed by atoms with van der Waals surface area (Å²) in [5.41, 5.74) is 0.0678. The number of carboxylic acids is 1. The molecule has 1 unspecified atom stereocenters. The normalized spacial score (nSPS) is 12.3. The molecule has 2 aromatic carbocycles. The minimum atomic E-state index is -4.40. The largest absolute Gasteiger partial charge is 0.493 e. The van der Waals surface area contributed by atoms with Gasteiger partial charge in [0.1, 0.15) is 11.5 Å². The predicted molar refractivity (Wildman–Crippen MR) is 115 cm³/mol. The Balaban J connectivity index is 1.97. The molecule has 0 spiro atoms. The number of thioether (sulfide) groups is 1. The first-order valence-electron chi connectivity index (χ1n) is 9.61. The van der Waals surface area contributed by atoms with Crippen LogP contribution in [0.1, 0.15) is 17.5 Å². The highest BCUT2D eigenvalue weighted by Gasteiger charge is 2.30. The van der Waals surface area contributed by atoms with Crippen LogP contribution in [0.25, 0.3) is 0 Å². The summed E-state index contributed by atoms with van der Waals surface area (Å²) in [6.45, 7) is 1.68. The minimum absolute atomic E-state index is 0.00938. The first-order valence-corrected chi connectivity index (χ1v) is 10.6. The number of nitriles is 1. The van der Waals surface area contributed by atoms with Crippen molar-refractivity contribution in [1.29, 1.82) is 5.26 Å². The van der Waals surface area contributed by atoms with Crippen LogP contribution in [0.2, 0.25) is 0 Å². The van der Waals surface area contributed by atoms with E-state index in [0.29, 0.717) is 23.7 Å². The quantitative estimate of drug-likeness (QED) is 0.337. The molecule has 5 nitrogen and oxygen atoms in total. The summed E-state index contributed by atoms with van der Waals surface area (Å²) in [4.78, 5) is 11.6. The predicted octanol–water partition coefficient (Wildman–Crippen LogP) is 5.73. The number of ether oxygens (including phenoxy) is 2. The van der Waals surface area contributed by atoms with Gasteiger partial charge in [0.2, 0.25) is 0 Å². The fraction of sp³-hybridized carbons (Fsp3) is 0.304. The van der Waals surface area contributed by atoms with Crippen LogP contribution in [0.3, 0.4) is 0 Å². The van der Waals surface area contributed by atoms with E-state index in [-0.39, 0.29) is 12.5 Å². The Morgan fingerprint density at radius 1 is 1.22 bits per heavy atom. The van der Waals surface area contributed by atoms with Gasteiger partial charge < -0.3 is 14.6 Å². The molecule has 0 amide bonds. The van der Waals surface area contributed by atoms with Gasteiger partial charge in [-0.3, -0.25) is 0 Å². The highest BCUT2D eigenvalue weighted by Crippen LogP contribution is 2.31. The van der Waals surface area contributed by atoms with Gasteiger partial charge in [0.05, 0.1) is 18.2 Å². The number of alkyl halides is 3. The lowest BCUT2D eigenvalue weighted by atomic mass is 10.1. The van der Waals surface area contributed by atoms with Crippen LogP contribution in [-0.4, -0.2) is 30.0 Å². The molecular formula is C23H22F3NO4S. The number of hydrogen-bond donors (Lipinski definition) is 1. The smallest absolute Gasteiger partial charge is 0.416 e. The van der Waals surface area contributed by atoms with Crippen molar-refractivity contribution in [3.8, 4) is 17.6 Å². The summed E-state index contributed by atoms with van der Waals surface area (Å²) in [5.74, 6) is 0.439. The third kappa shape index (κ3) is 8.55. The SMILES string of the molecule is Cc1cc(SCC(C/C=C\C#N)COc2ccc(C(F)(F)F)cc2)ccc1OCC(=O)O. The zero-order valence-corrected chi connectivity index (χ0v) is 18.1. The average Bonchev–Trinajstić information content (AvgIpc) is 2.74. The molecule has 1 N–H and O–H groups in total. The maximum Gasteiger partial charge on any atom is 0.416 e. The van der Waals surface area contributed by atoms with Gasteiger partial charge in [-0.1, -0.05) is 6.08 Å². The van der Waals surface area contributed by atoms with Gasteiger partial charge in [0, 0.05) is 22.6 Å². The number of hydrogen-bond acceptors (Lipinski definition) is 5. The van der Waals surface area contributed by atoms with E-state index in [1.807, 2.05) is 25.1 Å². The molecule has 0 aliphatic carbocycles. The highest BCUT2D eigenvalue weighted by molar-refractivity contribution is 7.99. The maximum absolute atomic E-state index is 12.7. The molecular weight excluding hydrogens is 443 g/mol. The number of carboxylic acid groups (broad SMARTS) is 1. The second kappa shape index (κ2) is 12.1. The van der Waals surface area contributed by atoms with Gasteiger partial charge in [0.15, 0.2) is 6.61 Å². The topological polar surface area (TPSA) is 79.5 Å². The monoisotopic (exact) mass is 465 g/mol. The summed E-state index contributed by atoms with van der Waals surface area (Å²) in [7, 11) is 0. The lowest BCUT2D eigenvalue weighted by Crippen LogP contribution is -2.14. The summed E-state index contributed by atoms with van der Waals surface area (Å²) in [6.07, 6.45) is -0.712. The lowest BCUT2D eigenvalue weighted by molar-refractivity contribution is -0.139. The van der Waals surface area contributed by atoms with Crippen molar-refractivity contribution in [1.82, 2.24) is 0 Å². The third-order valence-electron chi connectivity index (χ3n) is 4.31. The zero-order valence-electron chi connectivity index (χ0n) is 17.3. The van der Waals surface area contributed by atoms with Crippen LogP contribution < -0.4 is 9.47 Å². The van der Waals surface area contributed by atoms with Crippen molar-refractivity contribution < 1.29 is 32.5 Å². The van der Waals surface area contributed by atoms with Crippen LogP contribution in [0, 0.1) is 24.2 Å². The molecule has 170 valence electrons. The first-order chi connectivity index (χ1) is 15.2. The molecule has 9 heteroatoms. The Morgan fingerprint density at radius 2 is 1.94 bits per heavy atom. The van der Waals surface area contributed by atoms with Crippen molar-refractivity contribution in [2.75, 3.05) is 19.0 Å². The Bertz CT molecular complexity index is 969. The molecule has 0 aliphatic heterocycles. The molecule has 0 saturated carbocycles. The van der Waals surface area contributed by atoms with Gasteiger partial charge in [-0.25, -0.2) is 4.79 Å². The molecule has 0 heterocycles. The Morgan fingerprint density at radius 3 is 2.53 bits per heavy atom. The van der Waals surface area contributed by atoms with Crippen molar-refractivity contribution >= 4 is 17.7 Å². The van der Waals surface area contributed by atoms with Crippen molar-refractivity contribution in [2.24, 2.45) is 5.92 Å². The number of nitrogens with zero attached hydrogens (tertiary/aromatic N) is 1. The van der Waals surface area contributed by atoms with E-state index < -0.39 is 24.3 Å². The molecule has 32 heavy (non-hydrogen) atoms. The van der Waals surface area contributed by atoms with E-state index in [1.165, 1.54) is 18.2 Å². The molecule has 0 aliphatic rings. The Labute approximate surface area is 188 Å². The first kappa shape index (κ1) is 25.1. The summed E-state index contributed by atoms with van der Waals surface area (Å²) < 4.78 is 49.0. The van der Waals surface area contributed by atoms with Gasteiger partial charge >= 0.3 is 12.1 Å². The fourth-order valence-corrected chi connectivity index (χ4v) is 3.76. The second-order valence-corrected chi connectivity index (χ2v) is 7.98. The van der Waals surface area contributed by atoms with Gasteiger partial charge in [0.25, 0.3) is 0 Å². The van der Waals surface area contributed by atoms with Gasteiger partial charge in [-0.2, -0.15) is 18.4 Å². The minimum Gasteiger partial charge on any atom is -0.493 e. The van der Waals surface area contributed by atoms with Crippen LogP contribution in [0.15, 0.2) is 59.5 Å². The third-order valence-corrected chi connectivity index (χ3v) is 5.54. The summed E-state index contributed by atoms with van der Waals surface area (Å²) in [5, 5.41) is 17.4. The number of aryl methyl sites for hydroxylation is 1. The maximum atomic E-state index is 12.7. The molecule has 2 rings (SSSR count). The number of allylic oxidation sites excluding steroid dienone is 2. The number of aliphatic carboxylic acids is 1. The Hall–Kier alpha value is -3.12. The van der Waals surface area contributed by atoms with E-state index in [1.54, 1.807) is 23.9 Å². The van der Waals surface area contributed by atoms with Crippen molar-refractivity contribution in [3.63, 3.8) is 0 Å². The van der Waals surface area contributed by atoms with Crippen LogP contribution in [-0.2, 0) is 11.0 Å². The molecule has 0 radical (unpaired) electrons. The molecule has 0 bridgehead atoms. The van der Waals surface area contributed by atoms with Gasteiger partial charge in [-0.05, 0) is 61.4 Å². The van der Waals surface area contributed by atoms with E-state index >= 15 is 0 Å². The van der Waals surface area contributed by atoms with E-state index in [9.17, 15) is 18.0 Å². The van der Waals surface area contributed by atoms with Crippen molar-refractivity contribution in [2.45, 2.75) is 24.4 Å². The molecule has 0 saturated heterocycles. The highest BCUT2D eigenvalue weighted by atomic mass is 32.2. The number of benzene rings is 2. The average molecular weight is 465 g/mol. The van der Waals surface area contributed by atoms with Crippen LogP contribution >= 0.6 is 11.8 Å². The number of halogens is 3. The lowest BCUT2D eigenvalue weighted by Gasteiger charge is -2.17. The Kier molecular flexibility index (Phi) is 9.47. The van der Waals surface area contributed by atoms with E-state index in [4.69, 9.17) is 19.8 Å². The van der Waals surface area contributed by atoms with Gasteiger partial charge in [-0.15, -0.1) is 11.8 Å².